The summed E-state index contributed by atoms with van der Waals surface area (Å²) >= 11 is 12.5. The fourth-order valence-corrected chi connectivity index (χ4v) is 5.28. The van der Waals surface area contributed by atoms with Gasteiger partial charge in [-0.05, 0) is 42.4 Å². The van der Waals surface area contributed by atoms with Crippen molar-refractivity contribution < 1.29 is 0 Å². The molecule has 0 aromatic heterocycles. The average Bonchev–Trinajstić information content (AvgIpc) is 2.58. The highest BCUT2D eigenvalue weighted by Gasteiger charge is 2.74. The van der Waals surface area contributed by atoms with Gasteiger partial charge in [0.15, 0.2) is 0 Å². The zero-order valence-corrected chi connectivity index (χ0v) is 8.80. The third kappa shape index (κ3) is 0.699. The first kappa shape index (κ1) is 7.59. The van der Waals surface area contributed by atoms with Crippen LogP contribution >= 0.6 is 23.2 Å². The number of alkyl halides is 2. The topological polar surface area (TPSA) is 0 Å². The molecule has 3 saturated carbocycles. The normalized spacial score (nSPS) is 63.8. The summed E-state index contributed by atoms with van der Waals surface area (Å²) in [6.45, 7) is 0. The molecule has 0 N–H and O–H groups in total. The molecule has 70 valence electrons. The summed E-state index contributed by atoms with van der Waals surface area (Å²) in [5.41, 5.74) is 0. The van der Waals surface area contributed by atoms with E-state index in [9.17, 15) is 0 Å². The maximum Gasteiger partial charge on any atom is 0.125 e. The predicted octanol–water partition coefficient (Wildman–Crippen LogP) is 3.25. The Balaban J connectivity index is 1.74. The molecule has 0 amide bonds. The lowest BCUT2D eigenvalue weighted by molar-refractivity contribution is 0.310. The van der Waals surface area contributed by atoms with Gasteiger partial charge in [-0.2, -0.15) is 0 Å². The average molecular weight is 215 g/mol. The quantitative estimate of drug-likeness (QED) is 0.429. The van der Waals surface area contributed by atoms with Gasteiger partial charge in [0.1, 0.15) is 4.33 Å². The Hall–Kier alpha value is 0.320. The molecule has 0 saturated heterocycles. The Bertz CT molecular complexity index is 307. The molecule has 0 spiro atoms. The third-order valence-electron chi connectivity index (χ3n) is 4.89. The van der Waals surface area contributed by atoms with Crippen molar-refractivity contribution in [2.75, 3.05) is 0 Å². The third-order valence-corrected chi connectivity index (χ3v) is 5.96. The molecule has 0 aliphatic heterocycles. The Kier molecular flexibility index (Phi) is 1.15. The van der Waals surface area contributed by atoms with Crippen LogP contribution in [0, 0.1) is 35.5 Å². The molecule has 3 fully saturated rings. The highest BCUT2D eigenvalue weighted by atomic mass is 35.5. The maximum atomic E-state index is 6.25. The van der Waals surface area contributed by atoms with Crippen LogP contribution in [0.15, 0.2) is 12.2 Å². The van der Waals surface area contributed by atoms with Gasteiger partial charge in [-0.25, -0.2) is 0 Å². The lowest BCUT2D eigenvalue weighted by atomic mass is 9.82. The van der Waals surface area contributed by atoms with E-state index >= 15 is 0 Å². The molecule has 2 bridgehead atoms. The molecule has 4 aliphatic carbocycles. The van der Waals surface area contributed by atoms with Crippen LogP contribution in [0.25, 0.3) is 0 Å². The van der Waals surface area contributed by atoms with Crippen molar-refractivity contribution in [2.45, 2.75) is 17.2 Å². The van der Waals surface area contributed by atoms with E-state index in [1.54, 1.807) is 0 Å². The largest absolute Gasteiger partial charge is 0.125 e. The predicted molar refractivity (Wildman–Crippen MR) is 53.8 cm³/mol. The van der Waals surface area contributed by atoms with E-state index in [2.05, 4.69) is 12.2 Å². The van der Waals surface area contributed by atoms with Crippen LogP contribution in [0.3, 0.4) is 0 Å². The minimum atomic E-state index is -0.334. The van der Waals surface area contributed by atoms with Crippen molar-refractivity contribution in [1.29, 1.82) is 0 Å². The van der Waals surface area contributed by atoms with Crippen molar-refractivity contribution in [3.63, 3.8) is 0 Å². The first-order valence-electron chi connectivity index (χ1n) is 5.25. The van der Waals surface area contributed by atoms with Crippen molar-refractivity contribution in [1.82, 2.24) is 0 Å². The number of fused-ring (bicyclic) bond motifs is 7. The van der Waals surface area contributed by atoms with Crippen LogP contribution in [0.2, 0.25) is 0 Å². The van der Waals surface area contributed by atoms with Crippen LogP contribution in [-0.2, 0) is 0 Å². The number of hydrogen-bond acceptors (Lipinski definition) is 0. The molecule has 4 aliphatic rings. The van der Waals surface area contributed by atoms with Gasteiger partial charge in [-0.15, -0.1) is 23.2 Å². The van der Waals surface area contributed by atoms with Gasteiger partial charge < -0.3 is 0 Å². The van der Waals surface area contributed by atoms with Gasteiger partial charge in [0.2, 0.25) is 0 Å². The highest BCUT2D eigenvalue weighted by Crippen LogP contribution is 2.76. The van der Waals surface area contributed by atoms with E-state index in [-0.39, 0.29) is 4.33 Å². The number of hydrogen-bond donors (Lipinski definition) is 0. The summed E-state index contributed by atoms with van der Waals surface area (Å²) in [5, 5.41) is 0. The summed E-state index contributed by atoms with van der Waals surface area (Å²) in [6.07, 6.45) is 7.54. The summed E-state index contributed by atoms with van der Waals surface area (Å²) in [6, 6.07) is 0. The molecular weight excluding hydrogens is 203 g/mol. The lowest BCUT2D eigenvalue weighted by Crippen LogP contribution is -2.21. The molecule has 0 aromatic carbocycles. The van der Waals surface area contributed by atoms with Crippen molar-refractivity contribution >= 4 is 23.2 Å². The smallest absolute Gasteiger partial charge is 0.101 e. The molecule has 0 radical (unpaired) electrons. The Morgan fingerprint density at radius 1 is 1.08 bits per heavy atom. The van der Waals surface area contributed by atoms with Gasteiger partial charge in [-0.1, -0.05) is 12.2 Å². The number of halogens is 2. The minimum absolute atomic E-state index is 0.334. The number of allylic oxidation sites excluding steroid dienone is 2. The molecule has 0 heterocycles. The molecule has 4 rings (SSSR count). The van der Waals surface area contributed by atoms with Gasteiger partial charge in [0.05, 0.1) is 0 Å². The second-order valence-electron chi connectivity index (χ2n) is 5.23. The fourth-order valence-electron chi connectivity index (χ4n) is 4.37. The van der Waals surface area contributed by atoms with Crippen molar-refractivity contribution in [3.05, 3.63) is 12.2 Å². The van der Waals surface area contributed by atoms with E-state index < -0.39 is 0 Å². The van der Waals surface area contributed by atoms with E-state index in [0.29, 0.717) is 11.8 Å². The second-order valence-corrected chi connectivity index (χ2v) is 6.68. The summed E-state index contributed by atoms with van der Waals surface area (Å²) in [7, 11) is 0. The van der Waals surface area contributed by atoms with Gasteiger partial charge >= 0.3 is 0 Å². The van der Waals surface area contributed by atoms with Crippen molar-refractivity contribution in [2.24, 2.45) is 35.5 Å². The van der Waals surface area contributed by atoms with Crippen LogP contribution in [0.5, 0.6) is 0 Å². The molecule has 0 aromatic rings. The van der Waals surface area contributed by atoms with Crippen LogP contribution in [0.4, 0.5) is 0 Å². The summed E-state index contributed by atoms with van der Waals surface area (Å²) in [5.74, 6) is 4.76. The molecular formula is C11H12Cl2. The van der Waals surface area contributed by atoms with Gasteiger partial charge in [0, 0.05) is 5.92 Å². The highest BCUT2D eigenvalue weighted by molar-refractivity contribution is 6.51. The lowest BCUT2D eigenvalue weighted by Gasteiger charge is -2.25. The molecule has 13 heavy (non-hydrogen) atoms. The van der Waals surface area contributed by atoms with Crippen LogP contribution in [0.1, 0.15) is 12.8 Å². The Morgan fingerprint density at radius 3 is 2.69 bits per heavy atom. The Labute approximate surface area is 88.3 Å². The number of rotatable bonds is 0. The molecule has 4 unspecified atom stereocenters. The van der Waals surface area contributed by atoms with Gasteiger partial charge in [0.25, 0.3) is 0 Å². The van der Waals surface area contributed by atoms with E-state index in [1.165, 1.54) is 12.8 Å². The Morgan fingerprint density at radius 2 is 1.85 bits per heavy atom. The standard InChI is InChI=1S/C11H12Cl2/c12-11(13)8-4-7-5-1-2-6(3-5)9(7)10(8)11/h1-2,5-10H,3-4H2/t5-,6+,7?,8?,9?,10?/m0/s1. The molecule has 2 heteroatoms. The van der Waals surface area contributed by atoms with E-state index in [4.69, 9.17) is 23.2 Å². The van der Waals surface area contributed by atoms with E-state index in [0.717, 1.165) is 23.7 Å². The van der Waals surface area contributed by atoms with Gasteiger partial charge in [-0.3, -0.25) is 0 Å². The fraction of sp³-hybridized carbons (Fsp3) is 0.818. The molecule has 0 nitrogen and oxygen atoms in total. The molecule has 6 atom stereocenters. The zero-order chi connectivity index (χ0) is 8.79. The first-order valence-corrected chi connectivity index (χ1v) is 6.01. The summed E-state index contributed by atoms with van der Waals surface area (Å²) in [4.78, 5) is 0. The van der Waals surface area contributed by atoms with Crippen LogP contribution in [-0.4, -0.2) is 4.33 Å². The van der Waals surface area contributed by atoms with E-state index in [1.807, 2.05) is 0 Å². The summed E-state index contributed by atoms with van der Waals surface area (Å²) < 4.78 is -0.334. The zero-order valence-electron chi connectivity index (χ0n) is 7.29. The monoisotopic (exact) mass is 214 g/mol. The van der Waals surface area contributed by atoms with Crippen molar-refractivity contribution in [3.8, 4) is 0 Å². The minimum Gasteiger partial charge on any atom is -0.101 e. The maximum absolute atomic E-state index is 6.25. The van der Waals surface area contributed by atoms with Crippen LogP contribution < -0.4 is 0 Å². The second kappa shape index (κ2) is 1.97. The SMILES string of the molecule is ClC1(Cl)C2CC3C(C21)[C@@H]1C=C[C@H]3C1. The first-order chi connectivity index (χ1) is 6.19.